The maximum absolute atomic E-state index is 13.1. The highest BCUT2D eigenvalue weighted by Gasteiger charge is 2.35. The summed E-state index contributed by atoms with van der Waals surface area (Å²) in [5.74, 6) is 1.79. The van der Waals surface area contributed by atoms with Gasteiger partial charge in [0.1, 0.15) is 18.2 Å². The molecule has 0 unspecified atom stereocenters. The van der Waals surface area contributed by atoms with Crippen molar-refractivity contribution in [2.45, 2.75) is 33.4 Å². The van der Waals surface area contributed by atoms with Crippen LogP contribution in [-0.2, 0) is 19.5 Å². The number of fused-ring (bicyclic) bond motifs is 3. The number of hydrogen-bond donors (Lipinski definition) is 0. The standard InChI is InChI=1S/C25H23NO3S/c1-3-17-6-8-18(9-7-17)12-22-24(27)23-16(2)11-21-20(25(23)29-22)14-26(15-28-21)13-19-5-4-10-30-19/h4-12H,3,13-15H2,1-2H3/b22-12-. The first-order valence-corrected chi connectivity index (χ1v) is 11.1. The van der Waals surface area contributed by atoms with Crippen molar-refractivity contribution in [1.82, 2.24) is 4.90 Å². The summed E-state index contributed by atoms with van der Waals surface area (Å²) in [6.07, 6.45) is 2.83. The Hall–Kier alpha value is -2.89. The molecule has 0 radical (unpaired) electrons. The first-order chi connectivity index (χ1) is 14.6. The molecule has 0 fully saturated rings. The molecule has 0 amide bonds. The number of hydrogen-bond acceptors (Lipinski definition) is 5. The first kappa shape index (κ1) is 19.1. The number of carbonyl (C=O) groups is 1. The van der Waals surface area contributed by atoms with E-state index in [1.165, 1.54) is 10.4 Å². The van der Waals surface area contributed by atoms with E-state index in [1.807, 2.05) is 31.2 Å². The van der Waals surface area contributed by atoms with Gasteiger partial charge in [0.25, 0.3) is 0 Å². The van der Waals surface area contributed by atoms with Crippen LogP contribution in [0.2, 0.25) is 0 Å². The second kappa shape index (κ2) is 7.74. The summed E-state index contributed by atoms with van der Waals surface area (Å²) < 4.78 is 12.2. The zero-order chi connectivity index (χ0) is 20.7. The summed E-state index contributed by atoms with van der Waals surface area (Å²) in [6.45, 7) is 6.12. The largest absolute Gasteiger partial charge is 0.478 e. The number of nitrogens with zero attached hydrogens (tertiary/aromatic N) is 1. The second-order valence-electron chi connectivity index (χ2n) is 7.75. The molecule has 0 aliphatic carbocycles. The van der Waals surface area contributed by atoms with Crippen LogP contribution in [0.1, 0.15) is 44.4 Å². The topological polar surface area (TPSA) is 38.8 Å². The van der Waals surface area contributed by atoms with Crippen molar-refractivity contribution < 1.29 is 14.3 Å². The van der Waals surface area contributed by atoms with E-state index in [0.717, 1.165) is 35.4 Å². The fourth-order valence-electron chi connectivity index (χ4n) is 4.00. The van der Waals surface area contributed by atoms with E-state index in [-0.39, 0.29) is 5.78 Å². The Morgan fingerprint density at radius 3 is 2.77 bits per heavy atom. The Morgan fingerprint density at radius 2 is 2.03 bits per heavy atom. The number of ketones is 1. The summed E-state index contributed by atoms with van der Waals surface area (Å²) in [4.78, 5) is 16.6. The van der Waals surface area contributed by atoms with E-state index >= 15 is 0 Å². The molecule has 5 heteroatoms. The fourth-order valence-corrected chi connectivity index (χ4v) is 4.75. The predicted molar refractivity (Wildman–Crippen MR) is 119 cm³/mol. The molecule has 0 N–H and O–H groups in total. The molecule has 4 nitrogen and oxygen atoms in total. The van der Waals surface area contributed by atoms with Crippen LogP contribution in [0.5, 0.6) is 11.5 Å². The van der Waals surface area contributed by atoms with Crippen molar-refractivity contribution in [3.8, 4) is 11.5 Å². The van der Waals surface area contributed by atoms with Gasteiger partial charge in [0, 0.05) is 18.0 Å². The highest BCUT2D eigenvalue weighted by Crippen LogP contribution is 2.44. The zero-order valence-electron chi connectivity index (χ0n) is 17.1. The minimum atomic E-state index is -0.0553. The lowest BCUT2D eigenvalue weighted by molar-refractivity contribution is 0.0881. The SMILES string of the molecule is CCc1ccc(/C=C2\Oc3c4c(cc(C)c3C2=O)OCN(Cc2cccs2)C4)cc1. The minimum Gasteiger partial charge on any atom is -0.478 e. The third-order valence-electron chi connectivity index (χ3n) is 5.63. The van der Waals surface area contributed by atoms with E-state index in [0.29, 0.717) is 30.3 Å². The molecule has 0 spiro atoms. The molecule has 0 atom stereocenters. The van der Waals surface area contributed by atoms with Crippen LogP contribution in [-0.4, -0.2) is 17.4 Å². The van der Waals surface area contributed by atoms with Gasteiger partial charge in [-0.1, -0.05) is 37.3 Å². The Kier molecular flexibility index (Phi) is 4.93. The molecule has 152 valence electrons. The van der Waals surface area contributed by atoms with Crippen LogP contribution in [0, 0.1) is 6.92 Å². The monoisotopic (exact) mass is 417 g/mol. The number of ether oxygens (including phenoxy) is 2. The molecule has 1 aromatic heterocycles. The van der Waals surface area contributed by atoms with Crippen LogP contribution >= 0.6 is 11.3 Å². The van der Waals surface area contributed by atoms with E-state index in [9.17, 15) is 4.79 Å². The number of rotatable bonds is 4. The van der Waals surface area contributed by atoms with Crippen molar-refractivity contribution in [3.63, 3.8) is 0 Å². The summed E-state index contributed by atoms with van der Waals surface area (Å²) in [5.41, 5.74) is 4.74. The highest BCUT2D eigenvalue weighted by atomic mass is 32.1. The van der Waals surface area contributed by atoms with Gasteiger partial charge in [-0.15, -0.1) is 11.3 Å². The number of benzene rings is 2. The van der Waals surface area contributed by atoms with Crippen LogP contribution < -0.4 is 9.47 Å². The molecule has 2 aliphatic rings. The highest BCUT2D eigenvalue weighted by molar-refractivity contribution is 7.09. The first-order valence-electron chi connectivity index (χ1n) is 10.2. The van der Waals surface area contributed by atoms with E-state index < -0.39 is 0 Å². The molecule has 3 aromatic rings. The Morgan fingerprint density at radius 1 is 1.20 bits per heavy atom. The lowest BCUT2D eigenvalue weighted by Crippen LogP contribution is -2.31. The van der Waals surface area contributed by atoms with Crippen LogP contribution in [0.4, 0.5) is 0 Å². The second-order valence-corrected chi connectivity index (χ2v) is 8.78. The predicted octanol–water partition coefficient (Wildman–Crippen LogP) is 5.59. The summed E-state index contributed by atoms with van der Waals surface area (Å²) in [7, 11) is 0. The van der Waals surface area contributed by atoms with E-state index in [2.05, 4.69) is 41.5 Å². The molecule has 2 aliphatic heterocycles. The molecule has 0 bridgehead atoms. The van der Waals surface area contributed by atoms with Crippen molar-refractivity contribution in [1.29, 1.82) is 0 Å². The third kappa shape index (κ3) is 3.44. The van der Waals surface area contributed by atoms with Crippen LogP contribution in [0.3, 0.4) is 0 Å². The zero-order valence-corrected chi connectivity index (χ0v) is 17.9. The van der Waals surface area contributed by atoms with Gasteiger partial charge in [-0.2, -0.15) is 0 Å². The number of carbonyl (C=O) groups excluding carboxylic acids is 1. The average Bonchev–Trinajstić information content (AvgIpc) is 3.38. The van der Waals surface area contributed by atoms with Crippen LogP contribution in [0.25, 0.3) is 6.08 Å². The van der Waals surface area contributed by atoms with E-state index in [1.54, 1.807) is 11.3 Å². The van der Waals surface area contributed by atoms with E-state index in [4.69, 9.17) is 9.47 Å². The summed E-state index contributed by atoms with van der Waals surface area (Å²) >= 11 is 1.74. The van der Waals surface area contributed by atoms with Gasteiger partial charge >= 0.3 is 0 Å². The number of Topliss-reactive ketones (excluding diaryl/α,β-unsaturated/α-hetero) is 1. The summed E-state index contributed by atoms with van der Waals surface area (Å²) in [6, 6.07) is 14.4. The lowest BCUT2D eigenvalue weighted by Gasteiger charge is -2.29. The van der Waals surface area contributed by atoms with Gasteiger partial charge in [0.05, 0.1) is 11.1 Å². The third-order valence-corrected chi connectivity index (χ3v) is 6.49. The Labute approximate surface area is 180 Å². The Bertz CT molecular complexity index is 1130. The van der Waals surface area contributed by atoms with Gasteiger partial charge in [0.15, 0.2) is 5.76 Å². The number of allylic oxidation sites excluding steroid dienone is 1. The molecular weight excluding hydrogens is 394 g/mol. The Balaban J connectivity index is 1.46. The van der Waals surface area contributed by atoms with Gasteiger partial charge < -0.3 is 9.47 Å². The maximum Gasteiger partial charge on any atom is 0.232 e. The minimum absolute atomic E-state index is 0.0553. The van der Waals surface area contributed by atoms with Gasteiger partial charge in [0.2, 0.25) is 5.78 Å². The molecule has 5 rings (SSSR count). The number of aryl methyl sites for hydroxylation is 2. The summed E-state index contributed by atoms with van der Waals surface area (Å²) in [5, 5.41) is 2.08. The van der Waals surface area contributed by atoms with Crippen LogP contribution in [0.15, 0.2) is 53.6 Å². The fraction of sp³-hybridized carbons (Fsp3) is 0.240. The molecule has 0 saturated heterocycles. The van der Waals surface area contributed by atoms with Gasteiger partial charge in [-0.05, 0) is 53.6 Å². The average molecular weight is 418 g/mol. The van der Waals surface area contributed by atoms with Gasteiger partial charge in [-0.25, -0.2) is 0 Å². The molecule has 3 heterocycles. The molecule has 2 aromatic carbocycles. The smallest absolute Gasteiger partial charge is 0.232 e. The maximum atomic E-state index is 13.1. The quantitative estimate of drug-likeness (QED) is 0.519. The molecule has 0 saturated carbocycles. The van der Waals surface area contributed by atoms with Crippen molar-refractivity contribution in [2.75, 3.05) is 6.73 Å². The number of thiophene rings is 1. The lowest BCUT2D eigenvalue weighted by atomic mass is 9.98. The normalized spacial score (nSPS) is 16.9. The van der Waals surface area contributed by atoms with Crippen molar-refractivity contribution in [3.05, 3.63) is 86.3 Å². The van der Waals surface area contributed by atoms with Crippen molar-refractivity contribution in [2.24, 2.45) is 0 Å². The molecule has 30 heavy (non-hydrogen) atoms. The molecular formula is C25H23NO3S. The van der Waals surface area contributed by atoms with Crippen molar-refractivity contribution >= 4 is 23.2 Å². The van der Waals surface area contributed by atoms with Gasteiger partial charge in [-0.3, -0.25) is 9.69 Å².